The third kappa shape index (κ3) is 5.03. The molecule has 1 atom stereocenters. The number of para-hydroxylation sites is 1. The maximum absolute atomic E-state index is 13.8. The van der Waals surface area contributed by atoms with E-state index < -0.39 is 6.04 Å². The molecule has 0 saturated heterocycles. The molecule has 38 heavy (non-hydrogen) atoms. The Labute approximate surface area is 224 Å². The quantitative estimate of drug-likeness (QED) is 0.391. The molecule has 0 bridgehead atoms. The molecule has 7 nitrogen and oxygen atoms in total. The van der Waals surface area contributed by atoms with Crippen molar-refractivity contribution in [2.45, 2.75) is 19.9 Å². The number of methoxy groups -OCH3 is 1. The predicted octanol–water partition coefficient (Wildman–Crippen LogP) is 4.28. The van der Waals surface area contributed by atoms with Crippen molar-refractivity contribution in [3.05, 3.63) is 121 Å². The molecule has 8 heteroatoms. The van der Waals surface area contributed by atoms with Gasteiger partial charge in [0.2, 0.25) is 0 Å². The number of rotatable bonds is 7. The molecule has 1 aromatic heterocycles. The number of anilines is 1. The van der Waals surface area contributed by atoms with Crippen LogP contribution in [0.2, 0.25) is 0 Å². The second-order valence-electron chi connectivity index (χ2n) is 8.68. The summed E-state index contributed by atoms with van der Waals surface area (Å²) in [4.78, 5) is 32.7. The number of carbonyl (C=O) groups is 1. The van der Waals surface area contributed by atoms with E-state index in [4.69, 9.17) is 14.5 Å². The van der Waals surface area contributed by atoms with Crippen molar-refractivity contribution in [3.8, 4) is 11.5 Å². The molecule has 1 amide bonds. The van der Waals surface area contributed by atoms with Crippen LogP contribution in [-0.4, -0.2) is 24.2 Å². The Morgan fingerprint density at radius 1 is 1.05 bits per heavy atom. The molecule has 0 aliphatic carbocycles. The molecule has 192 valence electrons. The van der Waals surface area contributed by atoms with Crippen molar-refractivity contribution < 1.29 is 14.3 Å². The van der Waals surface area contributed by atoms with E-state index in [0.29, 0.717) is 38.6 Å². The lowest BCUT2D eigenvalue weighted by Gasteiger charge is -2.25. The number of nitrogens with one attached hydrogen (secondary N) is 1. The van der Waals surface area contributed by atoms with Gasteiger partial charge in [0.15, 0.2) is 4.80 Å². The van der Waals surface area contributed by atoms with E-state index in [1.54, 1.807) is 18.6 Å². The summed E-state index contributed by atoms with van der Waals surface area (Å²) in [5, 5.41) is 2.96. The number of aromatic nitrogens is 1. The van der Waals surface area contributed by atoms with Gasteiger partial charge < -0.3 is 14.8 Å². The van der Waals surface area contributed by atoms with Gasteiger partial charge in [-0.25, -0.2) is 4.99 Å². The standard InChI is InChI=1S/C30H27N3O4S/c1-4-37-23-15-13-20(14-16-23)17-25-29(35)33-27(21-9-8-12-24(18-21)36-3)26(19(2)31-30(33)38-25)28(34)32-22-10-6-5-7-11-22/h5-18,27H,4H2,1-3H3,(H,32,34)/b25-17-/t27-/m0/s1. The van der Waals surface area contributed by atoms with E-state index in [9.17, 15) is 9.59 Å². The van der Waals surface area contributed by atoms with Gasteiger partial charge in [-0.2, -0.15) is 0 Å². The summed E-state index contributed by atoms with van der Waals surface area (Å²) < 4.78 is 13.1. The van der Waals surface area contributed by atoms with E-state index in [1.807, 2.05) is 91.9 Å². The Hall–Kier alpha value is -4.43. The fraction of sp³-hybridized carbons (Fsp3) is 0.167. The predicted molar refractivity (Wildman–Crippen MR) is 149 cm³/mol. The van der Waals surface area contributed by atoms with Crippen LogP contribution in [0.4, 0.5) is 5.69 Å². The Morgan fingerprint density at radius 3 is 2.53 bits per heavy atom. The third-order valence-electron chi connectivity index (χ3n) is 6.20. The van der Waals surface area contributed by atoms with E-state index in [0.717, 1.165) is 16.9 Å². The zero-order chi connectivity index (χ0) is 26.6. The molecule has 0 radical (unpaired) electrons. The molecule has 0 unspecified atom stereocenters. The third-order valence-corrected chi connectivity index (χ3v) is 7.18. The lowest BCUT2D eigenvalue weighted by Crippen LogP contribution is -2.40. The van der Waals surface area contributed by atoms with Crippen LogP contribution < -0.4 is 29.7 Å². The topological polar surface area (TPSA) is 81.9 Å². The van der Waals surface area contributed by atoms with Gasteiger partial charge in [0, 0.05) is 5.69 Å². The summed E-state index contributed by atoms with van der Waals surface area (Å²) >= 11 is 1.30. The van der Waals surface area contributed by atoms with Crippen LogP contribution in [0.3, 0.4) is 0 Å². The summed E-state index contributed by atoms with van der Waals surface area (Å²) in [5.74, 6) is 1.09. The van der Waals surface area contributed by atoms with E-state index in [-0.39, 0.29) is 11.5 Å². The van der Waals surface area contributed by atoms with Crippen molar-refractivity contribution in [1.82, 2.24) is 4.57 Å². The van der Waals surface area contributed by atoms with Crippen LogP contribution in [0.5, 0.6) is 11.5 Å². The summed E-state index contributed by atoms with van der Waals surface area (Å²) in [6.07, 6.45) is 1.84. The SMILES string of the molecule is CCOc1ccc(/C=c2\sc3n(c2=O)[C@@H](c2cccc(OC)c2)C(C(=O)Nc2ccccc2)=C(C)N=3)cc1. The molecule has 1 aliphatic heterocycles. The zero-order valence-corrected chi connectivity index (χ0v) is 22.1. The van der Waals surface area contributed by atoms with Gasteiger partial charge in [0.05, 0.1) is 35.6 Å². The molecule has 2 heterocycles. The number of hydrogen-bond acceptors (Lipinski definition) is 6. The number of allylic oxidation sites excluding steroid dienone is 1. The first-order valence-electron chi connectivity index (χ1n) is 12.2. The Morgan fingerprint density at radius 2 is 1.82 bits per heavy atom. The van der Waals surface area contributed by atoms with E-state index in [2.05, 4.69) is 5.32 Å². The molecule has 5 rings (SSSR count). The zero-order valence-electron chi connectivity index (χ0n) is 21.3. The highest BCUT2D eigenvalue weighted by atomic mass is 32.1. The van der Waals surface area contributed by atoms with Crippen LogP contribution >= 0.6 is 11.3 Å². The van der Waals surface area contributed by atoms with Gasteiger partial charge >= 0.3 is 0 Å². The Kier molecular flexibility index (Phi) is 7.24. The molecule has 0 saturated carbocycles. The van der Waals surface area contributed by atoms with Crippen molar-refractivity contribution >= 4 is 29.0 Å². The molecular formula is C30H27N3O4S. The molecular weight excluding hydrogens is 498 g/mol. The van der Waals surface area contributed by atoms with Gasteiger partial charge in [-0.1, -0.05) is 53.8 Å². The second-order valence-corrected chi connectivity index (χ2v) is 9.69. The van der Waals surface area contributed by atoms with Gasteiger partial charge in [-0.15, -0.1) is 0 Å². The van der Waals surface area contributed by atoms with Crippen molar-refractivity contribution in [2.24, 2.45) is 4.99 Å². The normalized spacial score (nSPS) is 15.0. The number of ether oxygens (including phenoxy) is 2. The molecule has 1 aliphatic rings. The summed E-state index contributed by atoms with van der Waals surface area (Å²) in [6.45, 7) is 4.32. The minimum absolute atomic E-state index is 0.215. The van der Waals surface area contributed by atoms with Crippen molar-refractivity contribution in [1.29, 1.82) is 0 Å². The molecule has 3 aromatic carbocycles. The lowest BCUT2D eigenvalue weighted by atomic mass is 9.95. The fourth-order valence-corrected chi connectivity index (χ4v) is 5.48. The van der Waals surface area contributed by atoms with Gasteiger partial charge in [0.25, 0.3) is 11.5 Å². The first-order valence-corrected chi connectivity index (χ1v) is 13.1. The number of carbonyl (C=O) groups excluding carboxylic acids is 1. The smallest absolute Gasteiger partial charge is 0.271 e. The number of nitrogens with zero attached hydrogens (tertiary/aromatic N) is 2. The number of hydrogen-bond donors (Lipinski definition) is 1. The highest BCUT2D eigenvalue weighted by molar-refractivity contribution is 7.07. The van der Waals surface area contributed by atoms with Crippen LogP contribution in [0.15, 0.2) is 99.9 Å². The summed E-state index contributed by atoms with van der Waals surface area (Å²) in [5.41, 5.74) is 3.03. The van der Waals surface area contributed by atoms with Crippen LogP contribution in [0, 0.1) is 0 Å². The highest BCUT2D eigenvalue weighted by Crippen LogP contribution is 2.32. The van der Waals surface area contributed by atoms with Gasteiger partial charge in [-0.05, 0) is 67.4 Å². The van der Waals surface area contributed by atoms with Crippen LogP contribution in [0.1, 0.15) is 31.0 Å². The first-order chi connectivity index (χ1) is 18.5. The minimum Gasteiger partial charge on any atom is -0.497 e. The highest BCUT2D eigenvalue weighted by Gasteiger charge is 2.32. The molecule has 0 spiro atoms. The molecule has 4 aromatic rings. The minimum atomic E-state index is -0.674. The monoisotopic (exact) mass is 525 g/mol. The first kappa shape index (κ1) is 25.2. The average Bonchev–Trinajstić information content (AvgIpc) is 3.23. The van der Waals surface area contributed by atoms with Crippen molar-refractivity contribution in [2.75, 3.05) is 19.0 Å². The van der Waals surface area contributed by atoms with Gasteiger partial charge in [0.1, 0.15) is 11.5 Å². The van der Waals surface area contributed by atoms with Crippen molar-refractivity contribution in [3.63, 3.8) is 0 Å². The van der Waals surface area contributed by atoms with Crippen LogP contribution in [0.25, 0.3) is 6.08 Å². The van der Waals surface area contributed by atoms with Crippen LogP contribution in [-0.2, 0) is 4.79 Å². The Balaban J connectivity index is 1.64. The fourth-order valence-electron chi connectivity index (χ4n) is 4.44. The maximum atomic E-state index is 13.8. The summed E-state index contributed by atoms with van der Waals surface area (Å²) in [6, 6.07) is 23.6. The lowest BCUT2D eigenvalue weighted by molar-refractivity contribution is -0.113. The molecule has 1 N–H and O–H groups in total. The number of fused-ring (bicyclic) bond motifs is 1. The number of amides is 1. The number of benzene rings is 3. The number of thiazole rings is 1. The maximum Gasteiger partial charge on any atom is 0.271 e. The van der Waals surface area contributed by atoms with E-state index >= 15 is 0 Å². The summed E-state index contributed by atoms with van der Waals surface area (Å²) in [7, 11) is 1.59. The van der Waals surface area contributed by atoms with E-state index in [1.165, 1.54) is 11.3 Å². The second kappa shape index (κ2) is 10.9. The average molecular weight is 526 g/mol. The largest absolute Gasteiger partial charge is 0.497 e. The van der Waals surface area contributed by atoms with Gasteiger partial charge in [-0.3, -0.25) is 14.2 Å². The molecule has 0 fully saturated rings. The Bertz CT molecular complexity index is 1690.